The van der Waals surface area contributed by atoms with E-state index in [1.165, 1.54) is 0 Å². The fraction of sp³-hybridized carbons (Fsp3) is 0.385. The maximum atomic E-state index is 11.0. The predicted molar refractivity (Wildman–Crippen MR) is 68.3 cm³/mol. The summed E-state index contributed by atoms with van der Waals surface area (Å²) in [4.78, 5) is 13.6. The molecular weight excluding hydrogens is 230 g/mol. The number of nitrogens with one attached hydrogen (secondary N) is 2. The molecule has 0 bridgehead atoms. The van der Waals surface area contributed by atoms with E-state index in [4.69, 9.17) is 9.68 Å². The van der Waals surface area contributed by atoms with Crippen LogP contribution in [0.25, 0.3) is 11.1 Å². The van der Waals surface area contributed by atoms with E-state index in [0.717, 1.165) is 37.0 Å². The van der Waals surface area contributed by atoms with Gasteiger partial charge in [0.1, 0.15) is 0 Å². The van der Waals surface area contributed by atoms with Gasteiger partial charge >= 0.3 is 5.76 Å². The molecule has 0 spiro atoms. The van der Waals surface area contributed by atoms with Gasteiger partial charge in [0.25, 0.3) is 0 Å². The molecule has 0 amide bonds. The van der Waals surface area contributed by atoms with Gasteiger partial charge in [-0.05, 0) is 43.6 Å². The Balaban J connectivity index is 1.84. The Morgan fingerprint density at radius 1 is 1.39 bits per heavy atom. The maximum Gasteiger partial charge on any atom is 0.417 e. The highest BCUT2D eigenvalue weighted by Crippen LogP contribution is 2.12. The Kier molecular flexibility index (Phi) is 4.15. The molecule has 2 N–H and O–H groups in total. The second-order valence-electron chi connectivity index (χ2n) is 4.11. The van der Waals surface area contributed by atoms with Crippen molar-refractivity contribution in [3.63, 3.8) is 0 Å². The molecule has 2 rings (SSSR count). The second-order valence-corrected chi connectivity index (χ2v) is 4.11. The molecular formula is C13H15N3O2. The van der Waals surface area contributed by atoms with E-state index in [9.17, 15) is 4.79 Å². The summed E-state index contributed by atoms with van der Waals surface area (Å²) in [5.74, 6) is -0.420. The zero-order valence-corrected chi connectivity index (χ0v) is 10.0. The summed E-state index contributed by atoms with van der Waals surface area (Å²) in [7, 11) is 0. The van der Waals surface area contributed by atoms with E-state index >= 15 is 0 Å². The first-order valence-corrected chi connectivity index (χ1v) is 5.99. The number of unbranched alkanes of at least 4 members (excludes halogenated alkanes) is 1. The van der Waals surface area contributed by atoms with Crippen LogP contribution in [0, 0.1) is 11.3 Å². The number of fused-ring (bicyclic) bond motifs is 1. The van der Waals surface area contributed by atoms with Crippen molar-refractivity contribution in [1.29, 1.82) is 5.26 Å². The molecule has 18 heavy (non-hydrogen) atoms. The summed E-state index contributed by atoms with van der Waals surface area (Å²) in [6, 6.07) is 7.82. The summed E-state index contributed by atoms with van der Waals surface area (Å²) < 4.78 is 5.00. The molecule has 0 aliphatic carbocycles. The SMILES string of the molecule is N#CCCCNCCc1ccc2[nH]c(=O)oc2c1. The van der Waals surface area contributed by atoms with Gasteiger partial charge in [0.2, 0.25) is 0 Å². The van der Waals surface area contributed by atoms with Crippen LogP contribution in [-0.4, -0.2) is 18.1 Å². The Morgan fingerprint density at radius 2 is 2.28 bits per heavy atom. The molecule has 0 aliphatic rings. The van der Waals surface area contributed by atoms with Crippen LogP contribution < -0.4 is 11.1 Å². The summed E-state index contributed by atoms with van der Waals surface area (Å²) >= 11 is 0. The van der Waals surface area contributed by atoms with Crippen LogP contribution in [0.5, 0.6) is 0 Å². The van der Waals surface area contributed by atoms with Crippen molar-refractivity contribution in [2.75, 3.05) is 13.1 Å². The quantitative estimate of drug-likeness (QED) is 0.756. The van der Waals surface area contributed by atoms with Gasteiger partial charge in [0, 0.05) is 6.42 Å². The minimum Gasteiger partial charge on any atom is -0.408 e. The zero-order chi connectivity index (χ0) is 12.8. The van der Waals surface area contributed by atoms with Crippen molar-refractivity contribution < 1.29 is 4.42 Å². The van der Waals surface area contributed by atoms with E-state index < -0.39 is 5.76 Å². The Hall–Kier alpha value is -2.06. The monoisotopic (exact) mass is 245 g/mol. The molecule has 0 aliphatic heterocycles. The lowest BCUT2D eigenvalue weighted by molar-refractivity contribution is 0.555. The van der Waals surface area contributed by atoms with Gasteiger partial charge in [-0.25, -0.2) is 4.79 Å². The number of benzene rings is 1. The van der Waals surface area contributed by atoms with Gasteiger partial charge in [0.05, 0.1) is 11.6 Å². The number of aromatic amines is 1. The van der Waals surface area contributed by atoms with Crippen LogP contribution in [0.1, 0.15) is 18.4 Å². The van der Waals surface area contributed by atoms with Crippen molar-refractivity contribution in [3.8, 4) is 6.07 Å². The fourth-order valence-electron chi connectivity index (χ4n) is 1.80. The first-order valence-electron chi connectivity index (χ1n) is 5.99. The second kappa shape index (κ2) is 6.03. The average molecular weight is 245 g/mol. The molecule has 5 nitrogen and oxygen atoms in total. The normalized spacial score (nSPS) is 10.6. The number of nitriles is 1. The van der Waals surface area contributed by atoms with Crippen molar-refractivity contribution in [3.05, 3.63) is 34.3 Å². The topological polar surface area (TPSA) is 81.8 Å². The number of oxazole rings is 1. The van der Waals surface area contributed by atoms with Gasteiger partial charge in [-0.15, -0.1) is 0 Å². The lowest BCUT2D eigenvalue weighted by Gasteiger charge is -2.03. The van der Waals surface area contributed by atoms with Crippen LogP contribution in [0.3, 0.4) is 0 Å². The Labute approximate surface area is 104 Å². The molecule has 0 unspecified atom stereocenters. The highest BCUT2D eigenvalue weighted by molar-refractivity contribution is 5.72. The molecule has 0 saturated heterocycles. The van der Waals surface area contributed by atoms with Crippen molar-refractivity contribution in [2.24, 2.45) is 0 Å². The number of hydrogen-bond acceptors (Lipinski definition) is 4. The smallest absolute Gasteiger partial charge is 0.408 e. The lowest BCUT2D eigenvalue weighted by Crippen LogP contribution is -2.18. The van der Waals surface area contributed by atoms with E-state index in [1.807, 2.05) is 18.2 Å². The van der Waals surface area contributed by atoms with Crippen LogP contribution in [0.2, 0.25) is 0 Å². The molecule has 5 heteroatoms. The number of aromatic nitrogens is 1. The minimum absolute atomic E-state index is 0.420. The van der Waals surface area contributed by atoms with Gasteiger partial charge < -0.3 is 9.73 Å². The molecule has 0 saturated carbocycles. The van der Waals surface area contributed by atoms with Crippen LogP contribution >= 0.6 is 0 Å². The van der Waals surface area contributed by atoms with E-state index in [-0.39, 0.29) is 0 Å². The highest BCUT2D eigenvalue weighted by Gasteiger charge is 2.01. The molecule has 2 aromatic rings. The number of rotatable bonds is 6. The van der Waals surface area contributed by atoms with E-state index in [2.05, 4.69) is 16.4 Å². The molecule has 0 atom stereocenters. The Morgan fingerprint density at radius 3 is 3.11 bits per heavy atom. The third-order valence-electron chi connectivity index (χ3n) is 2.72. The van der Waals surface area contributed by atoms with Crippen molar-refractivity contribution in [1.82, 2.24) is 10.3 Å². The van der Waals surface area contributed by atoms with Gasteiger partial charge in [-0.1, -0.05) is 6.07 Å². The standard InChI is InChI=1S/C13H15N3O2/c14-6-1-2-7-15-8-5-10-3-4-11-12(9-10)18-13(17)16-11/h3-4,9,15H,1-2,5,7-8H2,(H,16,17). The zero-order valence-electron chi connectivity index (χ0n) is 10.0. The average Bonchev–Trinajstić information content (AvgIpc) is 2.73. The first kappa shape index (κ1) is 12.4. The van der Waals surface area contributed by atoms with E-state index in [1.54, 1.807) is 0 Å². The largest absolute Gasteiger partial charge is 0.417 e. The number of H-pyrrole nitrogens is 1. The third-order valence-corrected chi connectivity index (χ3v) is 2.72. The molecule has 1 aromatic heterocycles. The Bertz CT molecular complexity index is 606. The van der Waals surface area contributed by atoms with Crippen LogP contribution in [0.4, 0.5) is 0 Å². The minimum atomic E-state index is -0.420. The highest BCUT2D eigenvalue weighted by atomic mass is 16.4. The predicted octanol–water partition coefficient (Wildman–Crippen LogP) is 1.56. The summed E-state index contributed by atoms with van der Waals surface area (Å²) in [6.07, 6.45) is 2.34. The lowest BCUT2D eigenvalue weighted by atomic mass is 10.1. The number of hydrogen-bond donors (Lipinski definition) is 2. The molecule has 0 fully saturated rings. The van der Waals surface area contributed by atoms with E-state index in [0.29, 0.717) is 12.0 Å². The molecule has 94 valence electrons. The molecule has 0 radical (unpaired) electrons. The van der Waals surface area contributed by atoms with Crippen LogP contribution in [0.15, 0.2) is 27.4 Å². The van der Waals surface area contributed by atoms with Crippen molar-refractivity contribution in [2.45, 2.75) is 19.3 Å². The first-order chi connectivity index (χ1) is 8.79. The van der Waals surface area contributed by atoms with Crippen molar-refractivity contribution >= 4 is 11.1 Å². The summed E-state index contributed by atoms with van der Waals surface area (Å²) in [5.41, 5.74) is 2.45. The molecule has 1 aromatic carbocycles. The third kappa shape index (κ3) is 3.22. The molecule has 1 heterocycles. The fourth-order valence-corrected chi connectivity index (χ4v) is 1.80. The number of nitrogens with zero attached hydrogens (tertiary/aromatic N) is 1. The maximum absolute atomic E-state index is 11.0. The van der Waals surface area contributed by atoms with Gasteiger partial charge in [-0.3, -0.25) is 4.98 Å². The van der Waals surface area contributed by atoms with Gasteiger partial charge in [0.15, 0.2) is 5.58 Å². The van der Waals surface area contributed by atoms with Crippen LogP contribution in [-0.2, 0) is 6.42 Å². The summed E-state index contributed by atoms with van der Waals surface area (Å²) in [6.45, 7) is 1.71. The van der Waals surface area contributed by atoms with Gasteiger partial charge in [-0.2, -0.15) is 5.26 Å². The summed E-state index contributed by atoms with van der Waals surface area (Å²) in [5, 5.41) is 11.7.